The summed E-state index contributed by atoms with van der Waals surface area (Å²) < 4.78 is 0. The summed E-state index contributed by atoms with van der Waals surface area (Å²) >= 11 is 5.11. The van der Waals surface area contributed by atoms with Gasteiger partial charge in [0.2, 0.25) is 0 Å². The van der Waals surface area contributed by atoms with E-state index in [0.29, 0.717) is 0 Å². The lowest BCUT2D eigenvalue weighted by molar-refractivity contribution is 0.0957. The van der Waals surface area contributed by atoms with Crippen molar-refractivity contribution in [1.82, 2.24) is 5.32 Å². The molecule has 1 heterocycles. The molecule has 4 heteroatoms. The van der Waals surface area contributed by atoms with Crippen molar-refractivity contribution in [2.75, 3.05) is 11.9 Å². The maximum absolute atomic E-state index is 11.9. The van der Waals surface area contributed by atoms with E-state index < -0.39 is 0 Å². The maximum Gasteiger partial charge on any atom is 0.261 e. The highest BCUT2D eigenvalue weighted by molar-refractivity contribution is 9.09. The molecule has 0 aliphatic heterocycles. The summed E-state index contributed by atoms with van der Waals surface area (Å²) in [5.41, 5.74) is 1.41. The van der Waals surface area contributed by atoms with E-state index in [2.05, 4.69) is 27.3 Å². The van der Waals surface area contributed by atoms with Crippen LogP contribution in [0, 0.1) is 0 Å². The van der Waals surface area contributed by atoms with Crippen LogP contribution in [-0.4, -0.2) is 17.8 Å². The van der Waals surface area contributed by atoms with Gasteiger partial charge < -0.3 is 5.32 Å². The Balaban J connectivity index is 1.68. The summed E-state index contributed by atoms with van der Waals surface area (Å²) in [6.45, 7) is 0.809. The molecule has 18 heavy (non-hydrogen) atoms. The van der Waals surface area contributed by atoms with Gasteiger partial charge >= 0.3 is 0 Å². The van der Waals surface area contributed by atoms with Gasteiger partial charge in [-0.1, -0.05) is 28.8 Å². The number of fused-ring (bicyclic) bond motifs is 1. The van der Waals surface area contributed by atoms with Gasteiger partial charge in [0.15, 0.2) is 0 Å². The summed E-state index contributed by atoms with van der Waals surface area (Å²) in [5, 5.41) is 4.11. The highest BCUT2D eigenvalue weighted by atomic mass is 79.9. The summed E-state index contributed by atoms with van der Waals surface area (Å²) in [4.78, 5) is 14.3. The molecule has 0 fully saturated rings. The average molecular weight is 330 g/mol. The quantitative estimate of drug-likeness (QED) is 0.596. The van der Waals surface area contributed by atoms with Crippen LogP contribution in [0.2, 0.25) is 0 Å². The number of carbonyl (C=O) groups is 1. The van der Waals surface area contributed by atoms with Gasteiger partial charge in [-0.2, -0.15) is 0 Å². The molecular formula is C14H20BrNOS. The van der Waals surface area contributed by atoms with Crippen LogP contribution in [0.1, 0.15) is 52.2 Å². The SMILES string of the molecule is O=C(NCCCCCCBr)c1cc2c(s1)CCC2. The first-order chi connectivity index (χ1) is 8.81. The normalized spacial score (nSPS) is 13.6. The van der Waals surface area contributed by atoms with E-state index >= 15 is 0 Å². The molecule has 100 valence electrons. The van der Waals surface area contributed by atoms with E-state index in [-0.39, 0.29) is 5.91 Å². The molecule has 1 aliphatic rings. The zero-order valence-corrected chi connectivity index (χ0v) is 13.0. The van der Waals surface area contributed by atoms with Gasteiger partial charge in [0.25, 0.3) is 5.91 Å². The number of carbonyl (C=O) groups excluding carboxylic acids is 1. The zero-order valence-electron chi connectivity index (χ0n) is 10.6. The Morgan fingerprint density at radius 3 is 2.89 bits per heavy atom. The van der Waals surface area contributed by atoms with E-state index in [4.69, 9.17) is 0 Å². The summed E-state index contributed by atoms with van der Waals surface area (Å²) in [6, 6.07) is 2.09. The fourth-order valence-electron chi connectivity index (χ4n) is 2.30. The summed E-state index contributed by atoms with van der Waals surface area (Å²) in [7, 11) is 0. The van der Waals surface area contributed by atoms with Gasteiger partial charge in [-0.05, 0) is 43.7 Å². The molecule has 0 saturated carbocycles. The molecule has 0 aromatic carbocycles. The van der Waals surface area contributed by atoms with Crippen LogP contribution in [0.15, 0.2) is 6.07 Å². The third-order valence-electron chi connectivity index (χ3n) is 3.32. The monoisotopic (exact) mass is 329 g/mol. The third-order valence-corrected chi connectivity index (χ3v) is 5.11. The second-order valence-corrected chi connectivity index (χ2v) is 6.70. The predicted molar refractivity (Wildman–Crippen MR) is 80.9 cm³/mol. The molecule has 0 radical (unpaired) electrons. The number of rotatable bonds is 7. The average Bonchev–Trinajstić information content (AvgIpc) is 2.93. The Morgan fingerprint density at radius 1 is 1.28 bits per heavy atom. The molecule has 1 aromatic heterocycles. The summed E-state index contributed by atoms with van der Waals surface area (Å²) in [6.07, 6.45) is 8.35. The number of alkyl halides is 1. The molecule has 1 N–H and O–H groups in total. The first kappa shape index (κ1) is 14.1. The summed E-state index contributed by atoms with van der Waals surface area (Å²) in [5.74, 6) is 0.120. The third kappa shape index (κ3) is 3.82. The Morgan fingerprint density at radius 2 is 2.11 bits per heavy atom. The van der Waals surface area contributed by atoms with Crippen molar-refractivity contribution in [2.24, 2.45) is 0 Å². The van der Waals surface area contributed by atoms with E-state index in [1.54, 1.807) is 11.3 Å². The topological polar surface area (TPSA) is 29.1 Å². The number of aryl methyl sites for hydroxylation is 2. The minimum Gasteiger partial charge on any atom is -0.351 e. The van der Waals surface area contributed by atoms with E-state index in [1.807, 2.05) is 0 Å². The first-order valence-electron chi connectivity index (χ1n) is 6.77. The molecule has 0 saturated heterocycles. The van der Waals surface area contributed by atoms with Gasteiger partial charge in [0.05, 0.1) is 4.88 Å². The van der Waals surface area contributed by atoms with E-state index in [0.717, 1.165) is 29.6 Å². The van der Waals surface area contributed by atoms with Crippen molar-refractivity contribution in [1.29, 1.82) is 0 Å². The second kappa shape index (κ2) is 7.29. The van der Waals surface area contributed by atoms with Crippen LogP contribution in [-0.2, 0) is 12.8 Å². The Labute approximate surface area is 121 Å². The first-order valence-corrected chi connectivity index (χ1v) is 8.71. The van der Waals surface area contributed by atoms with Crippen LogP contribution in [0.25, 0.3) is 0 Å². The van der Waals surface area contributed by atoms with Crippen LogP contribution < -0.4 is 5.32 Å². The van der Waals surface area contributed by atoms with E-state index in [9.17, 15) is 4.79 Å². The number of hydrogen-bond acceptors (Lipinski definition) is 2. The van der Waals surface area contributed by atoms with Crippen LogP contribution >= 0.6 is 27.3 Å². The van der Waals surface area contributed by atoms with Gasteiger partial charge in [-0.25, -0.2) is 0 Å². The standard InChI is InChI=1S/C14H20BrNOS/c15-8-3-1-2-4-9-16-14(17)13-10-11-6-5-7-12(11)18-13/h10H,1-9H2,(H,16,17). The highest BCUT2D eigenvalue weighted by Crippen LogP contribution is 2.30. The number of nitrogens with one attached hydrogen (secondary N) is 1. The minimum absolute atomic E-state index is 0.120. The number of thiophene rings is 1. The Hall–Kier alpha value is -0.350. The van der Waals surface area contributed by atoms with Crippen molar-refractivity contribution in [2.45, 2.75) is 44.9 Å². The molecule has 2 rings (SSSR count). The largest absolute Gasteiger partial charge is 0.351 e. The predicted octanol–water partition coefficient (Wildman–Crippen LogP) is 3.92. The molecule has 1 aromatic rings. The molecule has 0 bridgehead atoms. The maximum atomic E-state index is 11.9. The van der Waals surface area contributed by atoms with Crippen molar-refractivity contribution in [3.63, 3.8) is 0 Å². The lowest BCUT2D eigenvalue weighted by atomic mass is 10.2. The fraction of sp³-hybridized carbons (Fsp3) is 0.643. The smallest absolute Gasteiger partial charge is 0.261 e. The molecule has 0 unspecified atom stereocenters. The number of unbranched alkanes of at least 4 members (excludes halogenated alkanes) is 3. The van der Waals surface area contributed by atoms with Crippen molar-refractivity contribution < 1.29 is 4.79 Å². The van der Waals surface area contributed by atoms with Crippen molar-refractivity contribution >= 4 is 33.2 Å². The second-order valence-electron chi connectivity index (χ2n) is 4.77. The van der Waals surface area contributed by atoms with Crippen molar-refractivity contribution in [3.8, 4) is 0 Å². The van der Waals surface area contributed by atoms with Crippen molar-refractivity contribution in [3.05, 3.63) is 21.4 Å². The van der Waals surface area contributed by atoms with Crippen LogP contribution in [0.5, 0.6) is 0 Å². The Bertz CT molecular complexity index is 381. The zero-order chi connectivity index (χ0) is 12.8. The van der Waals surface area contributed by atoms with Gasteiger partial charge in [-0.15, -0.1) is 11.3 Å². The number of amides is 1. The molecule has 1 aliphatic carbocycles. The minimum atomic E-state index is 0.120. The number of halogens is 1. The van der Waals surface area contributed by atoms with Gasteiger partial charge in [0, 0.05) is 16.8 Å². The van der Waals surface area contributed by atoms with Crippen LogP contribution in [0.4, 0.5) is 0 Å². The highest BCUT2D eigenvalue weighted by Gasteiger charge is 2.17. The molecule has 1 amide bonds. The molecular weight excluding hydrogens is 310 g/mol. The lowest BCUT2D eigenvalue weighted by Crippen LogP contribution is -2.23. The molecule has 0 atom stereocenters. The Kier molecular flexibility index (Phi) is 5.70. The van der Waals surface area contributed by atoms with Gasteiger partial charge in [0.1, 0.15) is 0 Å². The van der Waals surface area contributed by atoms with Crippen LogP contribution in [0.3, 0.4) is 0 Å². The lowest BCUT2D eigenvalue weighted by Gasteiger charge is -2.03. The van der Waals surface area contributed by atoms with Gasteiger partial charge in [-0.3, -0.25) is 4.79 Å². The molecule has 0 spiro atoms. The fourth-order valence-corrected chi connectivity index (χ4v) is 3.87. The molecule has 2 nitrogen and oxygen atoms in total. The number of hydrogen-bond donors (Lipinski definition) is 1. The van der Waals surface area contributed by atoms with E-state index in [1.165, 1.54) is 42.5 Å².